The Bertz CT molecular complexity index is 741. The summed E-state index contributed by atoms with van der Waals surface area (Å²) >= 11 is 1.75. The highest BCUT2D eigenvalue weighted by atomic mass is 32.1. The first-order chi connectivity index (χ1) is 10.1. The molecule has 21 heavy (non-hydrogen) atoms. The standard InChI is InChI=1S/C17H21N3S/c1-11(2)17-19-15-9-14(18)4-5-16(15)20(17)12(3)8-13-6-7-21-10-13/h4-7,9-12H,8,18H2,1-3H3. The van der Waals surface area contributed by atoms with Crippen molar-refractivity contribution in [2.24, 2.45) is 0 Å². The topological polar surface area (TPSA) is 43.8 Å². The van der Waals surface area contributed by atoms with E-state index in [9.17, 15) is 0 Å². The van der Waals surface area contributed by atoms with Gasteiger partial charge in [-0.05, 0) is 53.9 Å². The molecule has 3 rings (SSSR count). The zero-order valence-electron chi connectivity index (χ0n) is 12.7. The molecular formula is C17H21N3S. The molecule has 0 aliphatic rings. The van der Waals surface area contributed by atoms with Gasteiger partial charge < -0.3 is 10.3 Å². The van der Waals surface area contributed by atoms with Crippen LogP contribution < -0.4 is 5.73 Å². The van der Waals surface area contributed by atoms with Gasteiger partial charge in [0.05, 0.1) is 11.0 Å². The Morgan fingerprint density at radius 2 is 2.05 bits per heavy atom. The Hall–Kier alpha value is -1.81. The lowest BCUT2D eigenvalue weighted by Gasteiger charge is -2.19. The third-order valence-electron chi connectivity index (χ3n) is 3.81. The molecule has 0 spiro atoms. The number of hydrogen-bond acceptors (Lipinski definition) is 3. The van der Waals surface area contributed by atoms with Crippen LogP contribution in [0, 0.1) is 0 Å². The van der Waals surface area contributed by atoms with E-state index in [1.54, 1.807) is 11.3 Å². The van der Waals surface area contributed by atoms with Gasteiger partial charge in [-0.25, -0.2) is 4.98 Å². The molecule has 4 heteroatoms. The SMILES string of the molecule is CC(C)c1nc2cc(N)ccc2n1C(C)Cc1ccsc1. The van der Waals surface area contributed by atoms with Crippen LogP contribution in [-0.2, 0) is 6.42 Å². The molecule has 0 saturated heterocycles. The normalized spacial score (nSPS) is 13.1. The van der Waals surface area contributed by atoms with Crippen LogP contribution in [-0.4, -0.2) is 9.55 Å². The lowest BCUT2D eigenvalue weighted by atomic mass is 10.1. The predicted molar refractivity (Wildman–Crippen MR) is 91.0 cm³/mol. The van der Waals surface area contributed by atoms with E-state index in [1.807, 2.05) is 12.1 Å². The molecule has 0 aliphatic carbocycles. The van der Waals surface area contributed by atoms with E-state index < -0.39 is 0 Å². The highest BCUT2D eigenvalue weighted by Crippen LogP contribution is 2.29. The van der Waals surface area contributed by atoms with Gasteiger partial charge in [0.25, 0.3) is 0 Å². The molecule has 0 aliphatic heterocycles. The fourth-order valence-corrected chi connectivity index (χ4v) is 3.53. The number of nitrogens with two attached hydrogens (primary N) is 1. The minimum Gasteiger partial charge on any atom is -0.399 e. The fraction of sp³-hybridized carbons (Fsp3) is 0.353. The van der Waals surface area contributed by atoms with Crippen LogP contribution in [0.15, 0.2) is 35.0 Å². The van der Waals surface area contributed by atoms with Crippen molar-refractivity contribution in [1.82, 2.24) is 9.55 Å². The number of anilines is 1. The quantitative estimate of drug-likeness (QED) is 0.715. The van der Waals surface area contributed by atoms with Crippen molar-refractivity contribution in [3.8, 4) is 0 Å². The lowest BCUT2D eigenvalue weighted by molar-refractivity contribution is 0.522. The first-order valence-electron chi connectivity index (χ1n) is 7.34. The van der Waals surface area contributed by atoms with Crippen LogP contribution in [0.25, 0.3) is 11.0 Å². The summed E-state index contributed by atoms with van der Waals surface area (Å²) in [7, 11) is 0. The minimum atomic E-state index is 0.380. The Morgan fingerprint density at radius 1 is 1.24 bits per heavy atom. The number of imidazole rings is 1. The van der Waals surface area contributed by atoms with Gasteiger partial charge in [0.1, 0.15) is 5.82 Å². The van der Waals surface area contributed by atoms with E-state index in [1.165, 1.54) is 11.1 Å². The third-order valence-corrected chi connectivity index (χ3v) is 4.54. The predicted octanol–water partition coefficient (Wildman–Crippen LogP) is 4.61. The molecule has 0 bridgehead atoms. The Kier molecular flexibility index (Phi) is 3.72. The number of benzene rings is 1. The van der Waals surface area contributed by atoms with Gasteiger partial charge >= 0.3 is 0 Å². The number of nitrogen functional groups attached to an aromatic ring is 1. The smallest absolute Gasteiger partial charge is 0.112 e. The first kappa shape index (κ1) is 14.1. The Morgan fingerprint density at radius 3 is 2.71 bits per heavy atom. The molecule has 0 saturated carbocycles. The van der Waals surface area contributed by atoms with E-state index in [0.29, 0.717) is 12.0 Å². The molecule has 110 valence electrons. The largest absolute Gasteiger partial charge is 0.399 e. The second-order valence-corrected chi connectivity index (χ2v) is 6.71. The molecule has 1 aromatic carbocycles. The number of nitrogens with zero attached hydrogens (tertiary/aromatic N) is 2. The fourth-order valence-electron chi connectivity index (χ4n) is 2.85. The summed E-state index contributed by atoms with van der Waals surface area (Å²) in [5, 5.41) is 4.36. The second-order valence-electron chi connectivity index (χ2n) is 5.93. The van der Waals surface area contributed by atoms with Gasteiger partial charge in [-0.3, -0.25) is 0 Å². The molecule has 0 radical (unpaired) electrons. The third kappa shape index (κ3) is 2.68. The maximum atomic E-state index is 5.90. The van der Waals surface area contributed by atoms with Crippen molar-refractivity contribution in [1.29, 1.82) is 0 Å². The molecule has 1 unspecified atom stereocenters. The number of hydrogen-bond donors (Lipinski definition) is 1. The zero-order chi connectivity index (χ0) is 15.0. The summed E-state index contributed by atoms with van der Waals surface area (Å²) in [4.78, 5) is 4.81. The van der Waals surface area contributed by atoms with Crippen molar-refractivity contribution >= 4 is 28.1 Å². The Labute approximate surface area is 129 Å². The van der Waals surface area contributed by atoms with E-state index in [-0.39, 0.29) is 0 Å². The molecular weight excluding hydrogens is 278 g/mol. The van der Waals surface area contributed by atoms with Gasteiger partial charge in [-0.15, -0.1) is 0 Å². The highest BCUT2D eigenvalue weighted by Gasteiger charge is 2.18. The van der Waals surface area contributed by atoms with Gasteiger partial charge in [0.2, 0.25) is 0 Å². The van der Waals surface area contributed by atoms with Crippen LogP contribution in [0.5, 0.6) is 0 Å². The molecule has 1 atom stereocenters. The number of rotatable bonds is 4. The molecule has 2 aromatic heterocycles. The maximum Gasteiger partial charge on any atom is 0.112 e. The van der Waals surface area contributed by atoms with Crippen LogP contribution >= 0.6 is 11.3 Å². The van der Waals surface area contributed by atoms with Gasteiger partial charge in [-0.2, -0.15) is 11.3 Å². The van der Waals surface area contributed by atoms with Crippen molar-refractivity contribution in [3.05, 3.63) is 46.4 Å². The summed E-state index contributed by atoms with van der Waals surface area (Å²) in [6.45, 7) is 6.65. The molecule has 2 N–H and O–H groups in total. The van der Waals surface area contributed by atoms with Crippen molar-refractivity contribution in [3.63, 3.8) is 0 Å². The first-order valence-corrected chi connectivity index (χ1v) is 8.29. The Balaban J connectivity index is 2.08. The summed E-state index contributed by atoms with van der Waals surface area (Å²) in [6.07, 6.45) is 1.03. The number of aromatic nitrogens is 2. The van der Waals surface area contributed by atoms with Gasteiger partial charge in [0.15, 0.2) is 0 Å². The van der Waals surface area contributed by atoms with Gasteiger partial charge in [0, 0.05) is 17.6 Å². The summed E-state index contributed by atoms with van der Waals surface area (Å²) in [5.41, 5.74) is 10.2. The number of fused-ring (bicyclic) bond motifs is 1. The lowest BCUT2D eigenvalue weighted by Crippen LogP contribution is -2.12. The van der Waals surface area contributed by atoms with E-state index >= 15 is 0 Å². The van der Waals surface area contributed by atoms with Crippen LogP contribution in [0.1, 0.15) is 44.1 Å². The summed E-state index contributed by atoms with van der Waals surface area (Å²) in [6, 6.07) is 8.60. The summed E-state index contributed by atoms with van der Waals surface area (Å²) in [5.74, 6) is 1.53. The molecule has 3 aromatic rings. The molecule has 0 amide bonds. The number of thiophene rings is 1. The van der Waals surface area contributed by atoms with Crippen molar-refractivity contribution in [2.45, 2.75) is 39.2 Å². The van der Waals surface area contributed by atoms with Crippen LogP contribution in [0.3, 0.4) is 0 Å². The molecule has 0 fully saturated rings. The highest BCUT2D eigenvalue weighted by molar-refractivity contribution is 7.07. The van der Waals surface area contributed by atoms with Gasteiger partial charge in [-0.1, -0.05) is 13.8 Å². The van der Waals surface area contributed by atoms with Crippen molar-refractivity contribution in [2.75, 3.05) is 5.73 Å². The van der Waals surface area contributed by atoms with E-state index in [2.05, 4.69) is 48.2 Å². The second kappa shape index (κ2) is 5.53. The average Bonchev–Trinajstić information content (AvgIpc) is 3.04. The zero-order valence-corrected chi connectivity index (χ0v) is 13.5. The summed E-state index contributed by atoms with van der Waals surface area (Å²) < 4.78 is 2.37. The molecule has 2 heterocycles. The van der Waals surface area contributed by atoms with Crippen molar-refractivity contribution < 1.29 is 0 Å². The average molecular weight is 299 g/mol. The van der Waals surface area contributed by atoms with Crippen LogP contribution in [0.4, 0.5) is 5.69 Å². The van der Waals surface area contributed by atoms with Crippen LogP contribution in [0.2, 0.25) is 0 Å². The maximum absolute atomic E-state index is 5.90. The van der Waals surface area contributed by atoms with E-state index in [0.717, 1.165) is 23.4 Å². The monoisotopic (exact) mass is 299 g/mol. The molecule has 3 nitrogen and oxygen atoms in total. The minimum absolute atomic E-state index is 0.380. The van der Waals surface area contributed by atoms with E-state index in [4.69, 9.17) is 10.7 Å².